The molecule has 1 unspecified atom stereocenters. The Bertz CT molecular complexity index is 430. The van der Waals surface area contributed by atoms with Gasteiger partial charge in [-0.2, -0.15) is 5.10 Å². The van der Waals surface area contributed by atoms with E-state index in [0.29, 0.717) is 6.04 Å². The van der Waals surface area contributed by atoms with E-state index < -0.39 is 0 Å². The van der Waals surface area contributed by atoms with E-state index in [1.807, 2.05) is 0 Å². The van der Waals surface area contributed by atoms with Crippen LogP contribution in [0.4, 0.5) is 5.69 Å². The van der Waals surface area contributed by atoms with Crippen LogP contribution >= 0.6 is 0 Å². The summed E-state index contributed by atoms with van der Waals surface area (Å²) in [6.45, 7) is 4.39. The van der Waals surface area contributed by atoms with Gasteiger partial charge in [0.25, 0.3) is 5.56 Å². The van der Waals surface area contributed by atoms with Crippen molar-refractivity contribution in [3.63, 3.8) is 0 Å². The Labute approximate surface area is 94.1 Å². The van der Waals surface area contributed by atoms with Gasteiger partial charge in [0.2, 0.25) is 0 Å². The Morgan fingerprint density at radius 3 is 3.19 bits per heavy atom. The van der Waals surface area contributed by atoms with E-state index in [0.717, 1.165) is 25.3 Å². The molecule has 1 aromatic rings. The van der Waals surface area contributed by atoms with E-state index in [2.05, 4.69) is 20.0 Å². The van der Waals surface area contributed by atoms with Gasteiger partial charge in [0.15, 0.2) is 0 Å². The van der Waals surface area contributed by atoms with Crippen molar-refractivity contribution in [1.29, 1.82) is 0 Å². The Morgan fingerprint density at radius 1 is 1.38 bits per heavy atom. The third-order valence-corrected chi connectivity index (χ3v) is 3.60. The summed E-state index contributed by atoms with van der Waals surface area (Å²) >= 11 is 0. The normalized spacial score (nSPS) is 25.8. The minimum atomic E-state index is -0.119. The molecule has 5 heteroatoms. The summed E-state index contributed by atoms with van der Waals surface area (Å²) in [5.41, 5.74) is 0.835. The van der Waals surface area contributed by atoms with E-state index in [-0.39, 0.29) is 5.56 Å². The van der Waals surface area contributed by atoms with Crippen LogP contribution in [0, 0.1) is 0 Å². The van der Waals surface area contributed by atoms with Crippen molar-refractivity contribution in [2.75, 3.05) is 31.1 Å². The van der Waals surface area contributed by atoms with E-state index in [1.165, 1.54) is 19.4 Å². The van der Waals surface area contributed by atoms with Gasteiger partial charge in [-0.3, -0.25) is 9.69 Å². The molecule has 0 radical (unpaired) electrons. The van der Waals surface area contributed by atoms with Crippen LogP contribution in [0.15, 0.2) is 17.1 Å². The molecule has 2 aliphatic rings. The summed E-state index contributed by atoms with van der Waals surface area (Å²) in [5, 5.41) is 6.27. The van der Waals surface area contributed by atoms with Gasteiger partial charge in [-0.05, 0) is 19.4 Å². The molecule has 2 saturated heterocycles. The van der Waals surface area contributed by atoms with Crippen LogP contribution in [-0.2, 0) is 0 Å². The molecule has 2 aliphatic heterocycles. The number of H-pyrrole nitrogens is 1. The molecule has 0 bridgehead atoms. The number of nitrogens with zero attached hydrogens (tertiary/aromatic N) is 3. The fraction of sp³-hybridized carbons (Fsp3) is 0.636. The van der Waals surface area contributed by atoms with Crippen molar-refractivity contribution in [2.45, 2.75) is 18.9 Å². The molecule has 5 nitrogen and oxygen atoms in total. The Kier molecular flexibility index (Phi) is 2.40. The fourth-order valence-corrected chi connectivity index (χ4v) is 2.76. The lowest BCUT2D eigenvalue weighted by atomic mass is 10.1. The highest BCUT2D eigenvalue weighted by Gasteiger charge is 2.30. The number of nitrogens with one attached hydrogen (secondary N) is 1. The number of rotatable bonds is 1. The molecule has 1 aromatic heterocycles. The lowest BCUT2D eigenvalue weighted by Gasteiger charge is -2.38. The van der Waals surface area contributed by atoms with Crippen molar-refractivity contribution in [3.05, 3.63) is 22.6 Å². The number of piperazine rings is 1. The largest absolute Gasteiger partial charge is 0.367 e. The van der Waals surface area contributed by atoms with Gasteiger partial charge in [0, 0.05) is 31.7 Å². The Balaban J connectivity index is 1.79. The summed E-state index contributed by atoms with van der Waals surface area (Å²) in [4.78, 5) is 16.0. The lowest BCUT2D eigenvalue weighted by molar-refractivity contribution is 0.231. The highest BCUT2D eigenvalue weighted by atomic mass is 16.1. The van der Waals surface area contributed by atoms with Gasteiger partial charge in [-0.25, -0.2) is 5.10 Å². The van der Waals surface area contributed by atoms with Crippen molar-refractivity contribution < 1.29 is 0 Å². The third kappa shape index (κ3) is 1.71. The van der Waals surface area contributed by atoms with E-state index >= 15 is 0 Å². The zero-order chi connectivity index (χ0) is 11.0. The standard InChI is InChI=1S/C11H16N4O/c16-11-6-10(7-12-13-11)15-5-4-14-3-1-2-9(14)8-15/h6-7,9H,1-5,8H2,(H,13,16). The van der Waals surface area contributed by atoms with Crippen molar-refractivity contribution in [1.82, 2.24) is 15.1 Å². The average molecular weight is 220 g/mol. The van der Waals surface area contributed by atoms with E-state index in [1.54, 1.807) is 12.3 Å². The molecule has 3 rings (SSSR count). The molecule has 0 saturated carbocycles. The van der Waals surface area contributed by atoms with Crippen molar-refractivity contribution in [2.24, 2.45) is 0 Å². The van der Waals surface area contributed by atoms with Crippen LogP contribution in [0.1, 0.15) is 12.8 Å². The molecule has 3 heterocycles. The topological polar surface area (TPSA) is 52.2 Å². The summed E-state index contributed by atoms with van der Waals surface area (Å²) in [7, 11) is 0. The number of hydrogen-bond acceptors (Lipinski definition) is 4. The van der Waals surface area contributed by atoms with Gasteiger partial charge in [-0.15, -0.1) is 0 Å². The average Bonchev–Trinajstić information content (AvgIpc) is 2.75. The molecule has 0 aromatic carbocycles. The lowest BCUT2D eigenvalue weighted by Crippen LogP contribution is -2.50. The van der Waals surface area contributed by atoms with Crippen LogP contribution in [0.2, 0.25) is 0 Å². The zero-order valence-corrected chi connectivity index (χ0v) is 9.22. The summed E-state index contributed by atoms with van der Waals surface area (Å²) in [6, 6.07) is 2.31. The van der Waals surface area contributed by atoms with Gasteiger partial charge in [0.1, 0.15) is 0 Å². The molecular weight excluding hydrogens is 204 g/mol. The quantitative estimate of drug-likeness (QED) is 0.727. The molecule has 16 heavy (non-hydrogen) atoms. The zero-order valence-electron chi connectivity index (χ0n) is 9.22. The van der Waals surface area contributed by atoms with Gasteiger partial charge < -0.3 is 4.90 Å². The van der Waals surface area contributed by atoms with E-state index in [9.17, 15) is 4.79 Å². The summed E-state index contributed by atoms with van der Waals surface area (Å²) in [6.07, 6.45) is 4.34. The Hall–Kier alpha value is -1.36. The monoisotopic (exact) mass is 220 g/mol. The van der Waals surface area contributed by atoms with Crippen molar-refractivity contribution >= 4 is 5.69 Å². The van der Waals surface area contributed by atoms with Crippen molar-refractivity contribution in [3.8, 4) is 0 Å². The van der Waals surface area contributed by atoms with E-state index in [4.69, 9.17) is 0 Å². The molecule has 0 aliphatic carbocycles. The molecule has 0 spiro atoms. The number of aromatic amines is 1. The maximum Gasteiger partial charge on any atom is 0.266 e. The molecular formula is C11H16N4O. The number of anilines is 1. The first-order valence-electron chi connectivity index (χ1n) is 5.87. The third-order valence-electron chi connectivity index (χ3n) is 3.60. The smallest absolute Gasteiger partial charge is 0.266 e. The molecule has 2 fully saturated rings. The maximum atomic E-state index is 11.2. The van der Waals surface area contributed by atoms with Crippen LogP contribution in [-0.4, -0.2) is 47.3 Å². The van der Waals surface area contributed by atoms with Gasteiger partial charge in [0.05, 0.1) is 11.9 Å². The minimum Gasteiger partial charge on any atom is -0.367 e. The molecule has 1 atom stereocenters. The predicted octanol–water partition coefficient (Wildman–Crippen LogP) is 0.0543. The van der Waals surface area contributed by atoms with Crippen LogP contribution in [0.5, 0.6) is 0 Å². The highest BCUT2D eigenvalue weighted by molar-refractivity contribution is 5.43. The fourth-order valence-electron chi connectivity index (χ4n) is 2.76. The first kappa shape index (κ1) is 9.84. The second kappa shape index (κ2) is 3.90. The predicted molar refractivity (Wildman–Crippen MR) is 61.7 cm³/mol. The first-order chi connectivity index (χ1) is 7.83. The highest BCUT2D eigenvalue weighted by Crippen LogP contribution is 2.24. The Morgan fingerprint density at radius 2 is 2.31 bits per heavy atom. The minimum absolute atomic E-state index is 0.119. The SMILES string of the molecule is O=c1cc(N2CCN3CCCC3C2)cn[nH]1. The second-order valence-electron chi connectivity index (χ2n) is 4.58. The molecule has 86 valence electrons. The molecule has 0 amide bonds. The van der Waals surface area contributed by atoms with Crippen LogP contribution in [0.25, 0.3) is 0 Å². The first-order valence-corrected chi connectivity index (χ1v) is 5.87. The summed E-state index contributed by atoms with van der Waals surface area (Å²) in [5.74, 6) is 0. The number of aromatic nitrogens is 2. The van der Waals surface area contributed by atoms with Crippen LogP contribution < -0.4 is 10.5 Å². The second-order valence-corrected chi connectivity index (χ2v) is 4.58. The van der Waals surface area contributed by atoms with Crippen LogP contribution in [0.3, 0.4) is 0 Å². The van der Waals surface area contributed by atoms with Gasteiger partial charge >= 0.3 is 0 Å². The number of fused-ring (bicyclic) bond motifs is 1. The molecule has 1 N–H and O–H groups in total. The number of hydrogen-bond donors (Lipinski definition) is 1. The van der Waals surface area contributed by atoms with Gasteiger partial charge in [-0.1, -0.05) is 0 Å². The maximum absolute atomic E-state index is 11.2. The summed E-state index contributed by atoms with van der Waals surface area (Å²) < 4.78 is 0.